The third kappa shape index (κ3) is 2.80. The van der Waals surface area contributed by atoms with Gasteiger partial charge in [-0.25, -0.2) is 13.2 Å². The Labute approximate surface area is 115 Å². The van der Waals surface area contributed by atoms with Crippen molar-refractivity contribution in [2.24, 2.45) is 11.7 Å². The molecule has 1 aliphatic rings. The number of benzene rings is 1. The highest BCUT2D eigenvalue weighted by atomic mass is 19.2. The van der Waals surface area contributed by atoms with E-state index in [1.807, 2.05) is 6.92 Å². The second kappa shape index (κ2) is 5.83. The Morgan fingerprint density at radius 1 is 1.35 bits per heavy atom. The maximum absolute atomic E-state index is 13.2. The van der Waals surface area contributed by atoms with Gasteiger partial charge in [-0.1, -0.05) is 13.3 Å². The first-order valence-corrected chi connectivity index (χ1v) is 6.63. The number of carbonyl (C=O) groups is 1. The van der Waals surface area contributed by atoms with E-state index in [2.05, 4.69) is 0 Å². The molecule has 2 unspecified atom stereocenters. The number of rotatable bonds is 2. The second-order valence-corrected chi connectivity index (χ2v) is 5.13. The maximum atomic E-state index is 13.2. The van der Waals surface area contributed by atoms with E-state index in [-0.39, 0.29) is 17.5 Å². The summed E-state index contributed by atoms with van der Waals surface area (Å²) in [7, 11) is 0. The van der Waals surface area contributed by atoms with Crippen molar-refractivity contribution in [3.05, 3.63) is 35.1 Å². The summed E-state index contributed by atoms with van der Waals surface area (Å²) in [6.45, 7) is 2.88. The van der Waals surface area contributed by atoms with Crippen LogP contribution in [0.2, 0.25) is 0 Å². The molecule has 1 saturated heterocycles. The Balaban J connectivity index is 2.19. The fourth-order valence-electron chi connectivity index (χ4n) is 2.53. The van der Waals surface area contributed by atoms with Crippen LogP contribution in [0.5, 0.6) is 0 Å². The summed E-state index contributed by atoms with van der Waals surface area (Å²) in [6, 6.07) is 1.50. The zero-order valence-electron chi connectivity index (χ0n) is 11.2. The number of amides is 1. The van der Waals surface area contributed by atoms with Crippen molar-refractivity contribution in [3.63, 3.8) is 0 Å². The van der Waals surface area contributed by atoms with Crippen molar-refractivity contribution in [2.75, 3.05) is 13.1 Å². The highest BCUT2D eigenvalue weighted by molar-refractivity contribution is 5.94. The molecule has 1 aliphatic heterocycles. The average molecular weight is 286 g/mol. The molecule has 0 aliphatic carbocycles. The number of nitrogens with two attached hydrogens (primary N) is 1. The van der Waals surface area contributed by atoms with Crippen LogP contribution >= 0.6 is 0 Å². The first kappa shape index (κ1) is 14.8. The zero-order chi connectivity index (χ0) is 14.9. The summed E-state index contributed by atoms with van der Waals surface area (Å²) >= 11 is 0. The van der Waals surface area contributed by atoms with Gasteiger partial charge in [0.25, 0.3) is 5.91 Å². The monoisotopic (exact) mass is 286 g/mol. The van der Waals surface area contributed by atoms with Crippen LogP contribution in [0.3, 0.4) is 0 Å². The van der Waals surface area contributed by atoms with Crippen molar-refractivity contribution in [1.29, 1.82) is 0 Å². The van der Waals surface area contributed by atoms with Gasteiger partial charge in [0, 0.05) is 24.7 Å². The molecule has 0 aromatic heterocycles. The van der Waals surface area contributed by atoms with E-state index < -0.39 is 23.4 Å². The van der Waals surface area contributed by atoms with Crippen LogP contribution < -0.4 is 5.73 Å². The topological polar surface area (TPSA) is 46.3 Å². The minimum atomic E-state index is -1.56. The largest absolute Gasteiger partial charge is 0.338 e. The minimum absolute atomic E-state index is 0.0331. The fourth-order valence-corrected chi connectivity index (χ4v) is 2.53. The van der Waals surface area contributed by atoms with Gasteiger partial charge in [-0.2, -0.15) is 0 Å². The molecule has 0 radical (unpaired) electrons. The van der Waals surface area contributed by atoms with Crippen molar-refractivity contribution in [1.82, 2.24) is 4.90 Å². The zero-order valence-corrected chi connectivity index (χ0v) is 11.2. The minimum Gasteiger partial charge on any atom is -0.338 e. The summed E-state index contributed by atoms with van der Waals surface area (Å²) in [6.07, 6.45) is 1.48. The molecule has 1 aromatic carbocycles. The summed E-state index contributed by atoms with van der Waals surface area (Å²) < 4.78 is 39.2. The third-order valence-electron chi connectivity index (χ3n) is 3.84. The van der Waals surface area contributed by atoms with Gasteiger partial charge in [0.15, 0.2) is 17.5 Å². The maximum Gasteiger partial charge on any atom is 0.254 e. The van der Waals surface area contributed by atoms with Gasteiger partial charge in [0.1, 0.15) is 0 Å². The Bertz CT molecular complexity index is 498. The molecule has 6 heteroatoms. The Morgan fingerprint density at radius 3 is 2.50 bits per heavy atom. The fraction of sp³-hybridized carbons (Fsp3) is 0.500. The van der Waals surface area contributed by atoms with E-state index in [4.69, 9.17) is 5.73 Å². The van der Waals surface area contributed by atoms with Gasteiger partial charge in [-0.15, -0.1) is 0 Å². The Kier molecular flexibility index (Phi) is 4.32. The molecular formula is C14H17F3N2O. The van der Waals surface area contributed by atoms with Crippen molar-refractivity contribution in [2.45, 2.75) is 25.8 Å². The summed E-state index contributed by atoms with van der Waals surface area (Å²) in [4.78, 5) is 13.7. The number of nitrogens with zero attached hydrogens (tertiary/aromatic N) is 1. The summed E-state index contributed by atoms with van der Waals surface area (Å²) in [5.41, 5.74) is 5.78. The highest BCUT2D eigenvalue weighted by Crippen LogP contribution is 2.21. The quantitative estimate of drug-likeness (QED) is 0.848. The molecule has 2 N–H and O–H groups in total. The predicted molar refractivity (Wildman–Crippen MR) is 68.6 cm³/mol. The molecule has 2 atom stereocenters. The molecular weight excluding hydrogens is 269 g/mol. The SMILES string of the molecule is CCC1CN(C(=O)c2cc(F)c(F)c(F)c2)CCC1N. The highest BCUT2D eigenvalue weighted by Gasteiger charge is 2.29. The predicted octanol–water partition coefficient (Wildman–Crippen LogP) is 2.30. The molecule has 1 aromatic rings. The smallest absolute Gasteiger partial charge is 0.254 e. The van der Waals surface area contributed by atoms with Gasteiger partial charge in [-0.3, -0.25) is 4.79 Å². The second-order valence-electron chi connectivity index (χ2n) is 5.13. The van der Waals surface area contributed by atoms with E-state index in [0.29, 0.717) is 19.5 Å². The van der Waals surface area contributed by atoms with E-state index in [1.54, 1.807) is 0 Å². The number of carbonyl (C=O) groups excluding carboxylic acids is 1. The van der Waals surface area contributed by atoms with Crippen LogP contribution in [0.4, 0.5) is 13.2 Å². The average Bonchev–Trinajstić information content (AvgIpc) is 2.44. The lowest BCUT2D eigenvalue weighted by Gasteiger charge is -2.36. The third-order valence-corrected chi connectivity index (χ3v) is 3.84. The van der Waals surface area contributed by atoms with Crippen LogP contribution in [0.25, 0.3) is 0 Å². The van der Waals surface area contributed by atoms with Crippen molar-refractivity contribution in [3.8, 4) is 0 Å². The summed E-state index contributed by atoms with van der Waals surface area (Å²) in [5, 5.41) is 0. The van der Waals surface area contributed by atoms with Crippen LogP contribution in [0, 0.1) is 23.4 Å². The molecule has 110 valence electrons. The molecule has 0 saturated carbocycles. The molecule has 0 spiro atoms. The Morgan fingerprint density at radius 2 is 1.95 bits per heavy atom. The molecule has 1 fully saturated rings. The number of hydrogen-bond acceptors (Lipinski definition) is 2. The Hall–Kier alpha value is -1.56. The van der Waals surface area contributed by atoms with Crippen molar-refractivity contribution < 1.29 is 18.0 Å². The normalized spacial score (nSPS) is 22.9. The number of likely N-dealkylation sites (tertiary alicyclic amines) is 1. The van der Waals surface area contributed by atoms with Crippen LogP contribution in [-0.2, 0) is 0 Å². The van der Waals surface area contributed by atoms with Crippen LogP contribution in [0.1, 0.15) is 30.1 Å². The number of piperidine rings is 1. The van der Waals surface area contributed by atoms with Crippen LogP contribution in [0.15, 0.2) is 12.1 Å². The van der Waals surface area contributed by atoms with Gasteiger partial charge < -0.3 is 10.6 Å². The standard InChI is InChI=1S/C14H17F3N2O/c1-2-8-7-19(4-3-12(8)18)14(20)9-5-10(15)13(17)11(16)6-9/h5-6,8,12H,2-4,7,18H2,1H3. The first-order valence-electron chi connectivity index (χ1n) is 6.63. The molecule has 0 bridgehead atoms. The number of hydrogen-bond donors (Lipinski definition) is 1. The van der Waals surface area contributed by atoms with Gasteiger partial charge in [0.05, 0.1) is 0 Å². The van der Waals surface area contributed by atoms with Gasteiger partial charge in [-0.05, 0) is 24.5 Å². The van der Waals surface area contributed by atoms with E-state index in [0.717, 1.165) is 18.6 Å². The first-order chi connectivity index (χ1) is 9.43. The van der Waals surface area contributed by atoms with E-state index in [1.165, 1.54) is 4.90 Å². The lowest BCUT2D eigenvalue weighted by molar-refractivity contribution is 0.0648. The summed E-state index contributed by atoms with van der Waals surface area (Å²) in [5.74, 6) is -4.59. The van der Waals surface area contributed by atoms with Crippen molar-refractivity contribution >= 4 is 5.91 Å². The lowest BCUT2D eigenvalue weighted by Crippen LogP contribution is -2.49. The molecule has 2 rings (SSSR count). The van der Waals surface area contributed by atoms with E-state index >= 15 is 0 Å². The molecule has 1 heterocycles. The lowest BCUT2D eigenvalue weighted by atomic mass is 9.90. The van der Waals surface area contributed by atoms with E-state index in [9.17, 15) is 18.0 Å². The van der Waals surface area contributed by atoms with Gasteiger partial charge >= 0.3 is 0 Å². The molecule has 3 nitrogen and oxygen atoms in total. The molecule has 20 heavy (non-hydrogen) atoms. The van der Waals surface area contributed by atoms with Crippen LogP contribution in [-0.4, -0.2) is 29.9 Å². The molecule has 1 amide bonds. The van der Waals surface area contributed by atoms with Gasteiger partial charge in [0.2, 0.25) is 0 Å². The number of halogens is 3.